The molecule has 2 nitrogen and oxygen atoms in total. The van der Waals surface area contributed by atoms with Crippen LogP contribution in [-0.4, -0.2) is 21.3 Å². The molecule has 17 heavy (non-hydrogen) atoms. The Morgan fingerprint density at radius 1 is 0.941 bits per heavy atom. The lowest BCUT2D eigenvalue weighted by Crippen LogP contribution is -2.38. The van der Waals surface area contributed by atoms with E-state index in [4.69, 9.17) is 8.85 Å². The van der Waals surface area contributed by atoms with Gasteiger partial charge in [0.05, 0.1) is 0 Å². The van der Waals surface area contributed by atoms with Crippen molar-refractivity contribution in [2.75, 3.05) is 6.61 Å². The third-order valence-corrected chi connectivity index (χ3v) is 4.77. The van der Waals surface area contributed by atoms with Crippen LogP contribution in [0.3, 0.4) is 0 Å². The minimum Gasteiger partial charge on any atom is -0.395 e. The van der Waals surface area contributed by atoms with E-state index in [1.807, 2.05) is 0 Å². The smallest absolute Gasteiger partial charge is 0.331 e. The predicted octanol–water partition coefficient (Wildman–Crippen LogP) is 4.88. The van der Waals surface area contributed by atoms with Gasteiger partial charge in [0.1, 0.15) is 0 Å². The average Bonchev–Trinajstić information content (AvgIpc) is 2.24. The normalized spacial score (nSPS) is 13.9. The van der Waals surface area contributed by atoms with Gasteiger partial charge in [-0.3, -0.25) is 0 Å². The minimum absolute atomic E-state index is 0.356. The van der Waals surface area contributed by atoms with Gasteiger partial charge in [0, 0.05) is 12.7 Å². The van der Waals surface area contributed by atoms with Gasteiger partial charge in [-0.05, 0) is 32.9 Å². The first kappa shape index (κ1) is 17.1. The minimum atomic E-state index is -1.88. The Hall–Kier alpha value is 0.137. The fourth-order valence-electron chi connectivity index (χ4n) is 1.93. The van der Waals surface area contributed by atoms with Crippen molar-refractivity contribution in [3.05, 3.63) is 0 Å². The molecule has 0 aliphatic rings. The van der Waals surface area contributed by atoms with Crippen LogP contribution in [0, 0.1) is 0 Å². The highest BCUT2D eigenvalue weighted by molar-refractivity contribution is 6.64. The van der Waals surface area contributed by atoms with Gasteiger partial charge >= 0.3 is 8.56 Å². The topological polar surface area (TPSA) is 18.5 Å². The van der Waals surface area contributed by atoms with Crippen LogP contribution in [0.4, 0.5) is 0 Å². The first-order valence-corrected chi connectivity index (χ1v) is 10.1. The Labute approximate surface area is 109 Å². The molecule has 1 unspecified atom stereocenters. The molecule has 0 saturated heterocycles. The van der Waals surface area contributed by atoms with Gasteiger partial charge in [-0.1, -0.05) is 46.0 Å². The average molecular weight is 260 g/mol. The summed E-state index contributed by atoms with van der Waals surface area (Å²) in [7, 11) is -1.88. The first-order chi connectivity index (χ1) is 8.02. The van der Waals surface area contributed by atoms with E-state index in [0.29, 0.717) is 6.10 Å². The molecule has 0 bridgehead atoms. The van der Waals surface area contributed by atoms with E-state index in [1.165, 1.54) is 44.9 Å². The van der Waals surface area contributed by atoms with Crippen LogP contribution in [0.1, 0.15) is 65.7 Å². The zero-order valence-corrected chi connectivity index (χ0v) is 13.6. The number of rotatable bonds is 11. The molecule has 3 heteroatoms. The van der Waals surface area contributed by atoms with Crippen LogP contribution in [0.2, 0.25) is 13.1 Å². The summed E-state index contributed by atoms with van der Waals surface area (Å²) in [5, 5.41) is 0. The second-order valence-electron chi connectivity index (χ2n) is 5.38. The van der Waals surface area contributed by atoms with Gasteiger partial charge in [0.15, 0.2) is 0 Å². The van der Waals surface area contributed by atoms with Crippen LogP contribution in [-0.2, 0) is 8.85 Å². The molecule has 0 aromatic heterocycles. The Morgan fingerprint density at radius 2 is 1.53 bits per heavy atom. The second kappa shape index (κ2) is 10.1. The Kier molecular flexibility index (Phi) is 10.2. The summed E-state index contributed by atoms with van der Waals surface area (Å²) in [5.41, 5.74) is 0. The van der Waals surface area contributed by atoms with Gasteiger partial charge in [-0.25, -0.2) is 0 Å². The second-order valence-corrected chi connectivity index (χ2v) is 8.70. The predicted molar refractivity (Wildman–Crippen MR) is 77.6 cm³/mol. The van der Waals surface area contributed by atoms with Crippen molar-refractivity contribution in [3.8, 4) is 0 Å². The Morgan fingerprint density at radius 3 is 2.12 bits per heavy atom. The summed E-state index contributed by atoms with van der Waals surface area (Å²) >= 11 is 0. The lowest BCUT2D eigenvalue weighted by atomic mass is 10.1. The summed E-state index contributed by atoms with van der Waals surface area (Å²) in [6.45, 7) is 11.8. The maximum absolute atomic E-state index is 6.08. The largest absolute Gasteiger partial charge is 0.395 e. The number of unbranched alkanes of at least 4 members (excludes halogenated alkanes) is 4. The molecule has 0 amide bonds. The molecule has 0 aromatic carbocycles. The first-order valence-electron chi connectivity index (χ1n) is 7.33. The highest BCUT2D eigenvalue weighted by Gasteiger charge is 2.26. The van der Waals surface area contributed by atoms with E-state index in [0.717, 1.165) is 6.61 Å². The molecule has 0 rings (SSSR count). The van der Waals surface area contributed by atoms with E-state index in [-0.39, 0.29) is 0 Å². The van der Waals surface area contributed by atoms with E-state index >= 15 is 0 Å². The molecule has 104 valence electrons. The van der Waals surface area contributed by atoms with Crippen molar-refractivity contribution in [2.45, 2.75) is 84.9 Å². The molecular weight excluding hydrogens is 228 g/mol. The molecule has 0 fully saturated rings. The lowest BCUT2D eigenvalue weighted by molar-refractivity contribution is 0.122. The fourth-order valence-corrected chi connectivity index (χ4v) is 3.72. The van der Waals surface area contributed by atoms with Crippen molar-refractivity contribution in [3.63, 3.8) is 0 Å². The zero-order valence-electron chi connectivity index (χ0n) is 12.6. The van der Waals surface area contributed by atoms with E-state index in [2.05, 4.69) is 33.9 Å². The molecule has 0 aliphatic heterocycles. The van der Waals surface area contributed by atoms with Crippen molar-refractivity contribution >= 4 is 8.56 Å². The van der Waals surface area contributed by atoms with Crippen LogP contribution >= 0.6 is 0 Å². The molecular formula is C14H32O2Si. The molecule has 0 aromatic rings. The maximum Gasteiger partial charge on any atom is 0.331 e. The van der Waals surface area contributed by atoms with Crippen molar-refractivity contribution in [2.24, 2.45) is 0 Å². The molecule has 1 atom stereocenters. The van der Waals surface area contributed by atoms with Gasteiger partial charge in [0.25, 0.3) is 0 Å². The number of hydrogen-bond donors (Lipinski definition) is 0. The molecule has 0 aliphatic carbocycles. The summed E-state index contributed by atoms with van der Waals surface area (Å²) in [5.74, 6) is 0. The highest BCUT2D eigenvalue weighted by Crippen LogP contribution is 2.15. The van der Waals surface area contributed by atoms with Crippen LogP contribution in [0.5, 0.6) is 0 Å². The van der Waals surface area contributed by atoms with E-state index in [9.17, 15) is 0 Å². The third-order valence-electron chi connectivity index (χ3n) is 2.90. The summed E-state index contributed by atoms with van der Waals surface area (Å²) < 4.78 is 12.0. The van der Waals surface area contributed by atoms with Crippen LogP contribution in [0.15, 0.2) is 0 Å². The van der Waals surface area contributed by atoms with Crippen molar-refractivity contribution in [1.82, 2.24) is 0 Å². The molecule has 0 saturated carbocycles. The monoisotopic (exact) mass is 260 g/mol. The van der Waals surface area contributed by atoms with Gasteiger partial charge in [-0.15, -0.1) is 0 Å². The molecule has 0 heterocycles. The van der Waals surface area contributed by atoms with Gasteiger partial charge in [0.2, 0.25) is 0 Å². The zero-order chi connectivity index (χ0) is 13.1. The highest BCUT2D eigenvalue weighted by atomic mass is 28.4. The van der Waals surface area contributed by atoms with E-state index in [1.54, 1.807) is 0 Å². The van der Waals surface area contributed by atoms with Crippen molar-refractivity contribution in [1.29, 1.82) is 0 Å². The summed E-state index contributed by atoms with van der Waals surface area (Å²) in [6, 6.07) is 0. The lowest BCUT2D eigenvalue weighted by Gasteiger charge is -2.27. The molecule has 0 radical (unpaired) electrons. The quantitative estimate of drug-likeness (QED) is 0.389. The van der Waals surface area contributed by atoms with Crippen LogP contribution in [0.25, 0.3) is 0 Å². The number of hydrogen-bond acceptors (Lipinski definition) is 2. The SMILES string of the molecule is CCCCCO[Si](C)(C)OC(C)CCCCC. The van der Waals surface area contributed by atoms with E-state index < -0.39 is 8.56 Å². The maximum atomic E-state index is 6.08. The Balaban J connectivity index is 3.66. The fraction of sp³-hybridized carbons (Fsp3) is 1.00. The molecule has 0 N–H and O–H groups in total. The van der Waals surface area contributed by atoms with Gasteiger partial charge < -0.3 is 8.85 Å². The molecule has 0 spiro atoms. The van der Waals surface area contributed by atoms with Crippen LogP contribution < -0.4 is 0 Å². The Bertz CT molecular complexity index is 172. The van der Waals surface area contributed by atoms with Crippen molar-refractivity contribution < 1.29 is 8.85 Å². The summed E-state index contributed by atoms with van der Waals surface area (Å²) in [6.07, 6.45) is 9.07. The van der Waals surface area contributed by atoms with Gasteiger partial charge in [-0.2, -0.15) is 0 Å². The summed E-state index contributed by atoms with van der Waals surface area (Å²) in [4.78, 5) is 0. The third kappa shape index (κ3) is 11.0. The standard InChI is InChI=1S/C14H32O2Si/c1-6-8-10-12-14(3)16-17(4,5)15-13-11-9-7-2/h14H,6-13H2,1-5H3.